The molecule has 1 nitrogen and oxygen atoms in total. The summed E-state index contributed by atoms with van der Waals surface area (Å²) in [4.78, 5) is 0. The Bertz CT molecular complexity index is 225. The third-order valence-electron chi connectivity index (χ3n) is 0.776. The monoisotopic (exact) mass is 119 g/mol. The van der Waals surface area contributed by atoms with Crippen LogP contribution in [0.4, 0.5) is 0 Å². The van der Waals surface area contributed by atoms with Crippen LogP contribution in [0, 0.1) is 0 Å². The summed E-state index contributed by atoms with van der Waals surface area (Å²) in [5.74, 6) is 0. The first-order chi connectivity index (χ1) is 4.31. The molecule has 0 atom stereocenters. The van der Waals surface area contributed by atoms with Gasteiger partial charge in [0.05, 0.1) is 5.70 Å². The van der Waals surface area contributed by atoms with Crippen LogP contribution >= 0.6 is 0 Å². The van der Waals surface area contributed by atoms with Crippen LogP contribution in [0.2, 0.25) is 0 Å². The molecule has 0 heterocycles. The normalized spacial score (nSPS) is 5.56. The highest BCUT2D eigenvalue weighted by molar-refractivity contribution is 4.94. The van der Waals surface area contributed by atoms with Crippen molar-refractivity contribution in [2.45, 2.75) is 6.92 Å². The zero-order chi connectivity index (χ0) is 7.11. The number of allylic oxidation sites excluding steroid dienone is 1. The van der Waals surface area contributed by atoms with Crippen molar-refractivity contribution >= 4 is 0 Å². The van der Waals surface area contributed by atoms with Crippen molar-refractivity contribution in [1.82, 2.24) is 5.32 Å². The lowest BCUT2D eigenvalue weighted by molar-refractivity contribution is 0.995. The Morgan fingerprint density at radius 1 is 1.44 bits per heavy atom. The van der Waals surface area contributed by atoms with Crippen molar-refractivity contribution in [1.29, 1.82) is 0 Å². The first-order valence-corrected chi connectivity index (χ1v) is 2.60. The second kappa shape index (κ2) is 4.81. The molecule has 0 unspecified atom stereocenters. The summed E-state index contributed by atoms with van der Waals surface area (Å²) < 4.78 is 0. The van der Waals surface area contributed by atoms with E-state index in [2.05, 4.69) is 34.8 Å². The Hall–Kier alpha value is -1.34. The van der Waals surface area contributed by atoms with Crippen LogP contribution in [-0.2, 0) is 0 Å². The fourth-order valence-electron chi connectivity index (χ4n) is 0.232. The Balaban J connectivity index is 4.64. The number of hydrogen-bond acceptors (Lipinski definition) is 1. The fraction of sp³-hybridized carbons (Fsp3) is 0.250. The lowest BCUT2D eigenvalue weighted by Crippen LogP contribution is -1.98. The van der Waals surface area contributed by atoms with Crippen LogP contribution < -0.4 is 5.32 Å². The van der Waals surface area contributed by atoms with Gasteiger partial charge in [-0.15, -0.1) is 0 Å². The Labute approximate surface area is 55.4 Å². The standard InChI is InChI=1S/C8H9N/c1-4-5-6-7-8(2)9-3/h9H,1H2,2-3H3. The Morgan fingerprint density at radius 2 is 2.11 bits per heavy atom. The minimum Gasteiger partial charge on any atom is -0.385 e. The van der Waals surface area contributed by atoms with E-state index in [9.17, 15) is 0 Å². The van der Waals surface area contributed by atoms with Gasteiger partial charge in [0.15, 0.2) is 0 Å². The first-order valence-electron chi connectivity index (χ1n) is 2.60. The lowest BCUT2D eigenvalue weighted by atomic mass is 10.5. The van der Waals surface area contributed by atoms with Crippen LogP contribution in [-0.4, -0.2) is 7.05 Å². The van der Waals surface area contributed by atoms with Gasteiger partial charge in [-0.3, -0.25) is 0 Å². The number of nitrogens with one attached hydrogen (secondary N) is 1. The van der Waals surface area contributed by atoms with E-state index < -0.39 is 0 Å². The van der Waals surface area contributed by atoms with Crippen molar-refractivity contribution in [3.8, 4) is 0 Å². The van der Waals surface area contributed by atoms with Crippen molar-refractivity contribution in [2.75, 3.05) is 7.05 Å². The van der Waals surface area contributed by atoms with E-state index in [1.807, 2.05) is 14.0 Å². The van der Waals surface area contributed by atoms with E-state index in [1.54, 1.807) is 0 Å². The minimum atomic E-state index is 0.915. The maximum atomic E-state index is 3.32. The molecule has 0 aliphatic heterocycles. The molecule has 0 bridgehead atoms. The van der Waals surface area contributed by atoms with Crippen LogP contribution in [0.15, 0.2) is 35.2 Å². The van der Waals surface area contributed by atoms with Gasteiger partial charge in [0.25, 0.3) is 0 Å². The molecule has 9 heavy (non-hydrogen) atoms. The summed E-state index contributed by atoms with van der Waals surface area (Å²) in [7, 11) is 1.82. The molecule has 0 rings (SSSR count). The molecule has 0 saturated carbocycles. The molecule has 0 fully saturated rings. The average Bonchev–Trinajstić information content (AvgIpc) is 1.89. The molecule has 0 radical (unpaired) electrons. The van der Waals surface area contributed by atoms with Crippen LogP contribution in [0.3, 0.4) is 0 Å². The molecule has 0 aliphatic carbocycles. The largest absolute Gasteiger partial charge is 0.385 e. The fourth-order valence-corrected chi connectivity index (χ4v) is 0.232. The van der Waals surface area contributed by atoms with E-state index >= 15 is 0 Å². The minimum absolute atomic E-state index is 0.915. The van der Waals surface area contributed by atoms with Gasteiger partial charge in [0.1, 0.15) is 0 Å². The van der Waals surface area contributed by atoms with Gasteiger partial charge < -0.3 is 5.32 Å². The molecule has 0 spiro atoms. The number of rotatable bonds is 1. The van der Waals surface area contributed by atoms with Gasteiger partial charge in [-0.05, 0) is 30.7 Å². The summed E-state index contributed by atoms with van der Waals surface area (Å²) in [6.07, 6.45) is 0. The van der Waals surface area contributed by atoms with Gasteiger partial charge in [-0.25, -0.2) is 0 Å². The van der Waals surface area contributed by atoms with Gasteiger partial charge in [-0.2, -0.15) is 0 Å². The van der Waals surface area contributed by atoms with E-state index in [4.69, 9.17) is 0 Å². The zero-order valence-electron chi connectivity index (χ0n) is 5.71. The van der Waals surface area contributed by atoms with Gasteiger partial charge in [0.2, 0.25) is 0 Å². The maximum Gasteiger partial charge on any atom is 0.0594 e. The Morgan fingerprint density at radius 3 is 2.56 bits per heavy atom. The summed E-state index contributed by atoms with van der Waals surface area (Å²) in [6.45, 7) is 5.20. The topological polar surface area (TPSA) is 12.0 Å². The second-order valence-corrected chi connectivity index (χ2v) is 1.43. The third-order valence-corrected chi connectivity index (χ3v) is 0.776. The highest BCUT2D eigenvalue weighted by Crippen LogP contribution is 1.74. The SMILES string of the molecule is C=C=C=C=C=C(C)NC. The summed E-state index contributed by atoms with van der Waals surface area (Å²) in [5.41, 5.74) is 11.3. The van der Waals surface area contributed by atoms with Gasteiger partial charge in [0, 0.05) is 7.05 Å². The lowest BCUT2D eigenvalue weighted by Gasteiger charge is -1.87. The molecule has 0 saturated heterocycles. The molecular formula is C8H9N. The van der Waals surface area contributed by atoms with Crippen LogP contribution in [0.25, 0.3) is 0 Å². The summed E-state index contributed by atoms with van der Waals surface area (Å²) in [5, 5.41) is 2.88. The van der Waals surface area contributed by atoms with E-state index in [0.29, 0.717) is 0 Å². The van der Waals surface area contributed by atoms with Crippen LogP contribution in [0.5, 0.6) is 0 Å². The molecular weight excluding hydrogens is 110 g/mol. The smallest absolute Gasteiger partial charge is 0.0594 e. The summed E-state index contributed by atoms with van der Waals surface area (Å²) >= 11 is 0. The number of hydrogen-bond donors (Lipinski definition) is 1. The van der Waals surface area contributed by atoms with E-state index in [-0.39, 0.29) is 0 Å². The van der Waals surface area contributed by atoms with E-state index in [0.717, 1.165) is 5.70 Å². The Kier molecular flexibility index (Phi) is 4.09. The molecule has 1 heteroatoms. The predicted octanol–water partition coefficient (Wildman–Crippen LogP) is 1.36. The average molecular weight is 119 g/mol. The first kappa shape index (κ1) is 7.66. The van der Waals surface area contributed by atoms with E-state index in [1.165, 1.54) is 0 Å². The molecule has 0 amide bonds. The quantitative estimate of drug-likeness (QED) is 0.514. The maximum absolute atomic E-state index is 3.32. The van der Waals surface area contributed by atoms with Gasteiger partial charge in [-0.1, -0.05) is 5.73 Å². The second-order valence-electron chi connectivity index (χ2n) is 1.43. The molecule has 46 valence electrons. The third kappa shape index (κ3) is 4.51. The highest BCUT2D eigenvalue weighted by atomic mass is 14.8. The van der Waals surface area contributed by atoms with Crippen molar-refractivity contribution in [3.05, 3.63) is 35.2 Å². The molecule has 1 N–H and O–H groups in total. The molecule has 0 aromatic heterocycles. The molecule has 0 aliphatic rings. The molecule has 0 aromatic rings. The van der Waals surface area contributed by atoms with Crippen molar-refractivity contribution in [2.24, 2.45) is 0 Å². The van der Waals surface area contributed by atoms with Crippen molar-refractivity contribution < 1.29 is 0 Å². The van der Waals surface area contributed by atoms with Gasteiger partial charge >= 0.3 is 0 Å². The zero-order valence-corrected chi connectivity index (χ0v) is 5.71. The van der Waals surface area contributed by atoms with Crippen LogP contribution in [0.1, 0.15) is 6.92 Å². The highest BCUT2D eigenvalue weighted by Gasteiger charge is 1.69. The summed E-state index contributed by atoms with van der Waals surface area (Å²) in [6, 6.07) is 0. The predicted molar refractivity (Wildman–Crippen MR) is 37.9 cm³/mol. The molecule has 0 aromatic carbocycles. The van der Waals surface area contributed by atoms with Crippen molar-refractivity contribution in [3.63, 3.8) is 0 Å².